The first-order valence-electron chi connectivity index (χ1n) is 6.08. The Kier molecular flexibility index (Phi) is 4.73. The van der Waals surface area contributed by atoms with E-state index in [1.54, 1.807) is 18.4 Å². The number of aromatic nitrogens is 1. The van der Waals surface area contributed by atoms with E-state index in [-0.39, 0.29) is 0 Å². The van der Waals surface area contributed by atoms with Crippen molar-refractivity contribution in [1.82, 2.24) is 10.3 Å². The second kappa shape index (κ2) is 6.52. The number of nitrogens with zero attached hydrogens (tertiary/aromatic N) is 1. The summed E-state index contributed by atoms with van der Waals surface area (Å²) in [5, 5.41) is 4.19. The van der Waals surface area contributed by atoms with Gasteiger partial charge in [-0.05, 0) is 38.6 Å². The molecular formula is C14H18N2OS. The van der Waals surface area contributed by atoms with E-state index in [1.165, 1.54) is 4.88 Å². The fourth-order valence-electron chi connectivity index (χ4n) is 1.81. The van der Waals surface area contributed by atoms with Crippen molar-refractivity contribution in [3.63, 3.8) is 0 Å². The van der Waals surface area contributed by atoms with Gasteiger partial charge in [-0.1, -0.05) is 12.1 Å². The predicted molar refractivity (Wildman–Crippen MR) is 76.3 cm³/mol. The summed E-state index contributed by atoms with van der Waals surface area (Å²) >= 11 is 1.75. The number of ether oxygens (including phenoxy) is 1. The fraction of sp³-hybridized carbons (Fsp3) is 0.357. The molecule has 2 aromatic rings. The van der Waals surface area contributed by atoms with Gasteiger partial charge in [-0.2, -0.15) is 0 Å². The van der Waals surface area contributed by atoms with Crippen molar-refractivity contribution >= 4 is 11.3 Å². The van der Waals surface area contributed by atoms with Crippen molar-refractivity contribution in [3.8, 4) is 16.3 Å². The van der Waals surface area contributed by atoms with Crippen LogP contribution in [0.2, 0.25) is 0 Å². The van der Waals surface area contributed by atoms with Gasteiger partial charge in [0.2, 0.25) is 0 Å². The van der Waals surface area contributed by atoms with Crippen molar-refractivity contribution in [2.24, 2.45) is 0 Å². The lowest BCUT2D eigenvalue weighted by Crippen LogP contribution is -2.07. The summed E-state index contributed by atoms with van der Waals surface area (Å²) in [7, 11) is 3.67. The van der Waals surface area contributed by atoms with Crippen molar-refractivity contribution in [2.75, 3.05) is 20.7 Å². The highest BCUT2D eigenvalue weighted by atomic mass is 32.1. The average molecular weight is 262 g/mol. The molecular weight excluding hydrogens is 244 g/mol. The minimum Gasteiger partial charge on any atom is -0.496 e. The van der Waals surface area contributed by atoms with Crippen LogP contribution in [0.15, 0.2) is 30.5 Å². The van der Waals surface area contributed by atoms with Crippen molar-refractivity contribution < 1.29 is 4.74 Å². The molecule has 0 atom stereocenters. The van der Waals surface area contributed by atoms with Crippen LogP contribution in [0.4, 0.5) is 0 Å². The molecule has 0 unspecified atom stereocenters. The van der Waals surface area contributed by atoms with Crippen LogP contribution in [0.5, 0.6) is 5.75 Å². The van der Waals surface area contributed by atoms with E-state index in [9.17, 15) is 0 Å². The molecule has 3 nitrogen and oxygen atoms in total. The number of aryl methyl sites for hydroxylation is 1. The van der Waals surface area contributed by atoms with Crippen molar-refractivity contribution in [1.29, 1.82) is 0 Å². The Morgan fingerprint density at radius 2 is 2.17 bits per heavy atom. The van der Waals surface area contributed by atoms with Gasteiger partial charge in [0.25, 0.3) is 0 Å². The molecule has 0 aliphatic carbocycles. The van der Waals surface area contributed by atoms with Gasteiger partial charge in [0, 0.05) is 11.1 Å². The maximum Gasteiger partial charge on any atom is 0.129 e. The zero-order valence-corrected chi connectivity index (χ0v) is 11.6. The zero-order chi connectivity index (χ0) is 12.8. The first kappa shape index (κ1) is 13.1. The number of nitrogens with one attached hydrogen (secondary N) is 1. The van der Waals surface area contributed by atoms with Crippen LogP contribution < -0.4 is 10.1 Å². The maximum atomic E-state index is 5.36. The van der Waals surface area contributed by atoms with Crippen LogP contribution in [0.1, 0.15) is 11.3 Å². The molecule has 1 N–H and O–H groups in total. The molecule has 2 rings (SSSR count). The molecule has 1 aromatic heterocycles. The monoisotopic (exact) mass is 262 g/mol. The molecule has 0 bridgehead atoms. The van der Waals surface area contributed by atoms with E-state index >= 15 is 0 Å². The normalized spacial score (nSPS) is 10.6. The SMILES string of the molecule is CNCCCc1cnc(-c2ccccc2OC)s1. The fourth-order valence-corrected chi connectivity index (χ4v) is 2.79. The molecule has 0 amide bonds. The third-order valence-electron chi connectivity index (χ3n) is 2.74. The minimum absolute atomic E-state index is 0.883. The van der Waals surface area contributed by atoms with E-state index in [2.05, 4.69) is 16.4 Å². The topological polar surface area (TPSA) is 34.2 Å². The van der Waals surface area contributed by atoms with Crippen molar-refractivity contribution in [3.05, 3.63) is 35.3 Å². The van der Waals surface area contributed by atoms with E-state index in [0.717, 1.165) is 35.7 Å². The van der Waals surface area contributed by atoms with Gasteiger partial charge < -0.3 is 10.1 Å². The number of hydrogen-bond acceptors (Lipinski definition) is 4. The second-order valence-electron chi connectivity index (χ2n) is 4.04. The lowest BCUT2D eigenvalue weighted by atomic mass is 10.2. The van der Waals surface area contributed by atoms with E-state index < -0.39 is 0 Å². The molecule has 0 radical (unpaired) electrons. The summed E-state index contributed by atoms with van der Waals surface area (Å²) in [4.78, 5) is 5.82. The lowest BCUT2D eigenvalue weighted by Gasteiger charge is -2.04. The molecule has 0 fully saturated rings. The van der Waals surface area contributed by atoms with Crippen molar-refractivity contribution in [2.45, 2.75) is 12.8 Å². The van der Waals surface area contributed by atoms with Gasteiger partial charge in [0.15, 0.2) is 0 Å². The number of methoxy groups -OCH3 is 1. The van der Waals surface area contributed by atoms with E-state index in [1.807, 2.05) is 31.4 Å². The van der Waals surface area contributed by atoms with Crippen LogP contribution in [0.25, 0.3) is 10.6 Å². The predicted octanol–water partition coefficient (Wildman–Crippen LogP) is 2.97. The second-order valence-corrected chi connectivity index (χ2v) is 5.15. The van der Waals surface area contributed by atoms with Gasteiger partial charge in [-0.3, -0.25) is 0 Å². The Morgan fingerprint density at radius 3 is 2.94 bits per heavy atom. The number of para-hydroxylation sites is 1. The van der Waals surface area contributed by atoms with Crippen LogP contribution in [0, 0.1) is 0 Å². The Bertz CT molecular complexity index is 496. The van der Waals surface area contributed by atoms with E-state index in [0.29, 0.717) is 0 Å². The molecule has 96 valence electrons. The maximum absolute atomic E-state index is 5.36. The quantitative estimate of drug-likeness (QED) is 0.813. The molecule has 0 aliphatic rings. The highest BCUT2D eigenvalue weighted by molar-refractivity contribution is 7.15. The smallest absolute Gasteiger partial charge is 0.129 e. The third kappa shape index (κ3) is 3.09. The number of rotatable bonds is 6. The number of hydrogen-bond donors (Lipinski definition) is 1. The molecule has 0 aliphatic heterocycles. The molecule has 0 saturated carbocycles. The molecule has 1 aromatic carbocycles. The number of benzene rings is 1. The first-order valence-corrected chi connectivity index (χ1v) is 6.89. The summed E-state index contributed by atoms with van der Waals surface area (Å²) in [5.41, 5.74) is 1.07. The summed E-state index contributed by atoms with van der Waals surface area (Å²) in [5.74, 6) is 0.883. The molecule has 18 heavy (non-hydrogen) atoms. The Labute approximate surface area is 112 Å². The van der Waals surface area contributed by atoms with Gasteiger partial charge in [0.1, 0.15) is 10.8 Å². The van der Waals surface area contributed by atoms with Gasteiger partial charge >= 0.3 is 0 Å². The average Bonchev–Trinajstić information content (AvgIpc) is 2.88. The summed E-state index contributed by atoms with van der Waals surface area (Å²) in [6, 6.07) is 8.01. The van der Waals surface area contributed by atoms with Gasteiger partial charge in [0.05, 0.1) is 12.7 Å². The van der Waals surface area contributed by atoms with Gasteiger partial charge in [-0.15, -0.1) is 11.3 Å². The number of thiazole rings is 1. The minimum atomic E-state index is 0.883. The Hall–Kier alpha value is -1.39. The molecule has 4 heteroatoms. The summed E-state index contributed by atoms with van der Waals surface area (Å²) in [6.45, 7) is 1.04. The summed E-state index contributed by atoms with van der Waals surface area (Å²) in [6.07, 6.45) is 4.19. The highest BCUT2D eigenvalue weighted by Crippen LogP contribution is 2.32. The standard InChI is InChI=1S/C14H18N2OS/c1-15-9-5-6-11-10-16-14(18-11)12-7-3-4-8-13(12)17-2/h3-4,7-8,10,15H,5-6,9H2,1-2H3. The Morgan fingerprint density at radius 1 is 1.33 bits per heavy atom. The molecule has 0 saturated heterocycles. The van der Waals surface area contributed by atoms with Crippen LogP contribution in [0.3, 0.4) is 0 Å². The van der Waals surface area contributed by atoms with Crippen LogP contribution >= 0.6 is 11.3 Å². The highest BCUT2D eigenvalue weighted by Gasteiger charge is 2.09. The van der Waals surface area contributed by atoms with Crippen LogP contribution in [-0.2, 0) is 6.42 Å². The first-order chi connectivity index (χ1) is 8.85. The van der Waals surface area contributed by atoms with Crippen LogP contribution in [-0.4, -0.2) is 25.7 Å². The molecule has 1 heterocycles. The lowest BCUT2D eigenvalue weighted by molar-refractivity contribution is 0.416. The van der Waals surface area contributed by atoms with Gasteiger partial charge in [-0.25, -0.2) is 4.98 Å². The van der Waals surface area contributed by atoms with E-state index in [4.69, 9.17) is 4.74 Å². The zero-order valence-electron chi connectivity index (χ0n) is 10.8. The molecule has 0 spiro atoms. The third-order valence-corrected chi connectivity index (χ3v) is 3.83. The Balaban J connectivity index is 2.13. The largest absolute Gasteiger partial charge is 0.496 e. The summed E-state index contributed by atoms with van der Waals surface area (Å²) < 4.78 is 5.36.